The zero-order valence-electron chi connectivity index (χ0n) is 10.3. The number of carboxylic acid groups (broad SMARTS) is 1. The van der Waals surface area contributed by atoms with Crippen LogP contribution < -0.4 is 0 Å². The van der Waals surface area contributed by atoms with Gasteiger partial charge in [-0.05, 0) is 41.1 Å². The fraction of sp³-hybridized carbons (Fsp3) is 0.250. The average Bonchev–Trinajstić information content (AvgIpc) is 2.35. The lowest BCUT2D eigenvalue weighted by Gasteiger charge is -2.15. The van der Waals surface area contributed by atoms with Crippen molar-refractivity contribution in [1.29, 1.82) is 0 Å². The van der Waals surface area contributed by atoms with E-state index in [2.05, 4.69) is 27.8 Å². The van der Waals surface area contributed by atoms with Gasteiger partial charge in [-0.1, -0.05) is 5.92 Å². The highest BCUT2D eigenvalue weighted by Gasteiger charge is 2.23. The van der Waals surface area contributed by atoms with Gasteiger partial charge >= 0.3 is 5.97 Å². The lowest BCUT2D eigenvalue weighted by atomic mass is 10.2. The highest BCUT2D eigenvalue weighted by atomic mass is 79.9. The number of hydrogen-bond donors (Lipinski definition) is 1. The maximum absolute atomic E-state index is 12.2. The molecule has 0 fully saturated rings. The maximum Gasteiger partial charge on any atom is 0.335 e. The van der Waals surface area contributed by atoms with Crippen molar-refractivity contribution in [1.82, 2.24) is 4.31 Å². The summed E-state index contributed by atoms with van der Waals surface area (Å²) in [6.45, 7) is 1.70. The van der Waals surface area contributed by atoms with Gasteiger partial charge in [0.1, 0.15) is 0 Å². The lowest BCUT2D eigenvalue weighted by molar-refractivity contribution is 0.0696. The zero-order valence-corrected chi connectivity index (χ0v) is 12.7. The van der Waals surface area contributed by atoms with Crippen LogP contribution in [0.4, 0.5) is 0 Å². The first kappa shape index (κ1) is 15.7. The largest absolute Gasteiger partial charge is 0.478 e. The minimum absolute atomic E-state index is 0.0119. The quantitative estimate of drug-likeness (QED) is 0.844. The molecule has 0 saturated heterocycles. The lowest BCUT2D eigenvalue weighted by Crippen LogP contribution is -2.27. The molecule has 0 aromatic heterocycles. The molecular formula is C12H12BrNO4S. The number of benzene rings is 1. The monoisotopic (exact) mass is 345 g/mol. The third-order valence-corrected chi connectivity index (χ3v) is 5.13. The summed E-state index contributed by atoms with van der Waals surface area (Å²) in [5.74, 6) is 4.16. The number of carboxylic acids is 1. The summed E-state index contributed by atoms with van der Waals surface area (Å²) in [7, 11) is -2.28. The maximum atomic E-state index is 12.2. The number of hydrogen-bond acceptors (Lipinski definition) is 3. The Morgan fingerprint density at radius 2 is 2.11 bits per heavy atom. The van der Waals surface area contributed by atoms with Crippen molar-refractivity contribution in [3.05, 3.63) is 28.2 Å². The van der Waals surface area contributed by atoms with Gasteiger partial charge in [-0.2, -0.15) is 4.31 Å². The van der Waals surface area contributed by atoms with Gasteiger partial charge in [0.15, 0.2) is 0 Å². The molecule has 7 heteroatoms. The molecule has 1 aromatic rings. The molecule has 1 aromatic carbocycles. The van der Waals surface area contributed by atoms with Crippen molar-refractivity contribution < 1.29 is 18.3 Å². The first-order chi connectivity index (χ1) is 8.80. The first-order valence-electron chi connectivity index (χ1n) is 5.19. The van der Waals surface area contributed by atoms with E-state index in [-0.39, 0.29) is 21.5 Å². The van der Waals surface area contributed by atoms with E-state index in [1.165, 1.54) is 25.2 Å². The molecule has 102 valence electrons. The van der Waals surface area contributed by atoms with Gasteiger partial charge in [-0.25, -0.2) is 13.2 Å². The van der Waals surface area contributed by atoms with Crippen molar-refractivity contribution in [2.75, 3.05) is 13.6 Å². The highest BCUT2D eigenvalue weighted by molar-refractivity contribution is 9.10. The molecule has 1 N–H and O–H groups in total. The minimum atomic E-state index is -3.69. The predicted molar refractivity (Wildman–Crippen MR) is 74.4 cm³/mol. The van der Waals surface area contributed by atoms with Gasteiger partial charge in [0.2, 0.25) is 10.0 Å². The van der Waals surface area contributed by atoms with Crippen LogP contribution in [0.1, 0.15) is 17.3 Å². The third kappa shape index (κ3) is 3.56. The highest BCUT2D eigenvalue weighted by Crippen LogP contribution is 2.25. The van der Waals surface area contributed by atoms with Crippen molar-refractivity contribution >= 4 is 31.9 Å². The molecule has 0 amide bonds. The summed E-state index contributed by atoms with van der Waals surface area (Å²) in [4.78, 5) is 10.8. The van der Waals surface area contributed by atoms with E-state index in [1.54, 1.807) is 6.92 Å². The van der Waals surface area contributed by atoms with Gasteiger partial charge in [-0.3, -0.25) is 0 Å². The molecule has 0 saturated carbocycles. The number of carbonyl (C=O) groups is 1. The molecule has 0 atom stereocenters. The summed E-state index contributed by atoms with van der Waals surface area (Å²) in [6.07, 6.45) is 0. The van der Waals surface area contributed by atoms with E-state index in [9.17, 15) is 13.2 Å². The molecule has 5 nitrogen and oxygen atoms in total. The second-order valence-electron chi connectivity index (χ2n) is 3.64. The Kier molecular flexibility index (Phi) is 5.11. The Bertz CT molecular complexity index is 658. The molecule has 0 aliphatic heterocycles. The zero-order chi connectivity index (χ0) is 14.6. The molecule has 0 radical (unpaired) electrons. The van der Waals surface area contributed by atoms with Crippen molar-refractivity contribution in [3.63, 3.8) is 0 Å². The summed E-state index contributed by atoms with van der Waals surface area (Å²) in [5.41, 5.74) is 0.0156. The van der Waals surface area contributed by atoms with E-state index in [0.29, 0.717) is 0 Å². The Balaban J connectivity index is 3.21. The first-order valence-corrected chi connectivity index (χ1v) is 7.42. The van der Waals surface area contributed by atoms with Crippen molar-refractivity contribution in [3.8, 4) is 11.8 Å². The van der Waals surface area contributed by atoms with Crippen LogP contribution in [0.2, 0.25) is 0 Å². The van der Waals surface area contributed by atoms with E-state index in [1.807, 2.05) is 0 Å². The fourth-order valence-electron chi connectivity index (χ4n) is 1.29. The SMILES string of the molecule is CC#CCN(C)S(=O)(=O)c1ccc(C(=O)O)cc1Br. The smallest absolute Gasteiger partial charge is 0.335 e. The van der Waals surface area contributed by atoms with Crippen LogP contribution in [0.3, 0.4) is 0 Å². The van der Waals surface area contributed by atoms with Crippen LogP contribution in [0.25, 0.3) is 0 Å². The standard InChI is InChI=1S/C12H12BrNO4S/c1-3-4-7-14(2)19(17,18)11-6-5-9(12(15)16)8-10(11)13/h5-6,8H,7H2,1-2H3,(H,15,16). The summed E-state index contributed by atoms with van der Waals surface area (Å²) in [5, 5.41) is 8.83. The Morgan fingerprint density at radius 1 is 1.47 bits per heavy atom. The molecule has 19 heavy (non-hydrogen) atoms. The Hall–Kier alpha value is -1.36. The van der Waals surface area contributed by atoms with Crippen LogP contribution in [-0.2, 0) is 10.0 Å². The van der Waals surface area contributed by atoms with E-state index < -0.39 is 16.0 Å². The topological polar surface area (TPSA) is 74.7 Å². The number of halogens is 1. The van der Waals surface area contributed by atoms with E-state index >= 15 is 0 Å². The van der Waals surface area contributed by atoms with Gasteiger partial charge < -0.3 is 5.11 Å². The van der Waals surface area contributed by atoms with Crippen molar-refractivity contribution in [2.24, 2.45) is 0 Å². The number of aromatic carboxylic acids is 1. The molecule has 0 aliphatic carbocycles. The molecule has 0 bridgehead atoms. The molecule has 1 rings (SSSR count). The summed E-state index contributed by atoms with van der Waals surface area (Å²) < 4.78 is 25.8. The third-order valence-electron chi connectivity index (χ3n) is 2.35. The van der Waals surface area contributed by atoms with Gasteiger partial charge in [0, 0.05) is 11.5 Å². The minimum Gasteiger partial charge on any atom is -0.478 e. The normalized spacial score (nSPS) is 10.9. The fourth-order valence-corrected chi connectivity index (χ4v) is 3.39. The second kappa shape index (κ2) is 6.19. The predicted octanol–water partition coefficient (Wildman–Crippen LogP) is 1.79. The summed E-state index contributed by atoms with van der Waals surface area (Å²) in [6, 6.07) is 3.77. The molecule has 0 aliphatic rings. The van der Waals surface area contributed by atoms with Crippen molar-refractivity contribution in [2.45, 2.75) is 11.8 Å². The molecule has 0 heterocycles. The molecule has 0 unspecified atom stereocenters. The molecular weight excluding hydrogens is 334 g/mol. The van der Waals surface area contributed by atoms with Crippen LogP contribution in [0, 0.1) is 11.8 Å². The van der Waals surface area contributed by atoms with E-state index in [4.69, 9.17) is 5.11 Å². The molecule has 0 spiro atoms. The second-order valence-corrected chi connectivity index (χ2v) is 6.51. The Morgan fingerprint density at radius 3 is 2.58 bits per heavy atom. The van der Waals surface area contributed by atoms with Gasteiger partial charge in [0.05, 0.1) is 17.0 Å². The van der Waals surface area contributed by atoms with Crippen LogP contribution in [0.15, 0.2) is 27.6 Å². The van der Waals surface area contributed by atoms with Crippen LogP contribution >= 0.6 is 15.9 Å². The summed E-state index contributed by atoms with van der Waals surface area (Å²) >= 11 is 3.08. The van der Waals surface area contributed by atoms with Gasteiger partial charge in [0.25, 0.3) is 0 Å². The van der Waals surface area contributed by atoms with Gasteiger partial charge in [-0.15, -0.1) is 5.92 Å². The van der Waals surface area contributed by atoms with E-state index in [0.717, 1.165) is 4.31 Å². The van der Waals surface area contributed by atoms with Crippen LogP contribution in [-0.4, -0.2) is 37.4 Å². The Labute approximate surface area is 120 Å². The number of nitrogens with zero attached hydrogens (tertiary/aromatic N) is 1. The number of sulfonamides is 1. The number of rotatable bonds is 4. The average molecular weight is 346 g/mol. The van der Waals surface area contributed by atoms with Crippen LogP contribution in [0.5, 0.6) is 0 Å².